The molecule has 26 heavy (non-hydrogen) atoms. The number of halogens is 6. The van der Waals surface area contributed by atoms with E-state index in [0.717, 1.165) is 28.2 Å². The van der Waals surface area contributed by atoms with Gasteiger partial charge in [0.1, 0.15) is 11.6 Å². The second-order valence-electron chi connectivity index (χ2n) is 6.37. The van der Waals surface area contributed by atoms with Crippen LogP contribution in [0.2, 0.25) is 0 Å². The van der Waals surface area contributed by atoms with Crippen LogP contribution >= 0.6 is 15.9 Å². The third-order valence-electron chi connectivity index (χ3n) is 4.68. The minimum absolute atomic E-state index is 0.0242. The molecule has 0 aromatic heterocycles. The summed E-state index contributed by atoms with van der Waals surface area (Å²) in [7, 11) is 0. The monoisotopic (exact) mass is 434 g/mol. The number of benzene rings is 2. The molecule has 0 saturated carbocycles. The molecule has 8 heteroatoms. The highest BCUT2D eigenvalue weighted by molar-refractivity contribution is 9.10. The minimum Gasteiger partial charge on any atom is -0.399 e. The van der Waals surface area contributed by atoms with Crippen LogP contribution in [0.5, 0.6) is 0 Å². The number of nitrogens with zero attached hydrogens (tertiary/aromatic N) is 1. The van der Waals surface area contributed by atoms with E-state index in [-0.39, 0.29) is 16.6 Å². The fourth-order valence-electron chi connectivity index (χ4n) is 3.52. The molecule has 140 valence electrons. The molecule has 0 aliphatic carbocycles. The number of alkyl halides is 3. The number of nitrogen functional groups attached to an aromatic ring is 1. The van der Waals surface area contributed by atoms with Gasteiger partial charge < -0.3 is 5.73 Å². The van der Waals surface area contributed by atoms with Crippen molar-refractivity contribution in [1.82, 2.24) is 4.90 Å². The van der Waals surface area contributed by atoms with Crippen molar-refractivity contribution in [2.45, 2.75) is 25.6 Å². The molecule has 1 aliphatic heterocycles. The van der Waals surface area contributed by atoms with Gasteiger partial charge in [-0.25, -0.2) is 8.78 Å². The summed E-state index contributed by atoms with van der Waals surface area (Å²) in [4.78, 5) is 1.06. The molecule has 0 radical (unpaired) electrons. The van der Waals surface area contributed by atoms with Crippen LogP contribution in [0.25, 0.3) is 0 Å². The highest BCUT2D eigenvalue weighted by atomic mass is 79.9. The first-order valence-corrected chi connectivity index (χ1v) is 8.71. The second kappa shape index (κ2) is 6.81. The van der Waals surface area contributed by atoms with Crippen LogP contribution in [-0.4, -0.2) is 24.2 Å². The highest BCUT2D eigenvalue weighted by Gasteiger charge is 2.40. The van der Waals surface area contributed by atoms with Gasteiger partial charge in [0, 0.05) is 22.3 Å². The van der Waals surface area contributed by atoms with E-state index >= 15 is 0 Å². The lowest BCUT2D eigenvalue weighted by Gasteiger charge is -2.39. The molecule has 1 unspecified atom stereocenters. The molecule has 0 amide bonds. The molecule has 0 fully saturated rings. The van der Waals surface area contributed by atoms with Gasteiger partial charge in [-0.05, 0) is 48.2 Å². The lowest BCUT2D eigenvalue weighted by Crippen LogP contribution is -2.42. The van der Waals surface area contributed by atoms with Gasteiger partial charge in [-0.15, -0.1) is 0 Å². The lowest BCUT2D eigenvalue weighted by atomic mass is 9.85. The van der Waals surface area contributed by atoms with Crippen molar-refractivity contribution >= 4 is 21.6 Å². The van der Waals surface area contributed by atoms with Crippen molar-refractivity contribution in [3.05, 3.63) is 62.6 Å². The van der Waals surface area contributed by atoms with Gasteiger partial charge in [0.15, 0.2) is 0 Å². The summed E-state index contributed by atoms with van der Waals surface area (Å²) in [5.74, 6) is -1.78. The lowest BCUT2D eigenvalue weighted by molar-refractivity contribution is -0.150. The summed E-state index contributed by atoms with van der Waals surface area (Å²) in [6.07, 6.45) is -4.15. The number of fused-ring (bicyclic) bond motifs is 1. The van der Waals surface area contributed by atoms with Crippen LogP contribution in [0.15, 0.2) is 28.7 Å². The zero-order valence-corrected chi connectivity index (χ0v) is 15.4. The van der Waals surface area contributed by atoms with Gasteiger partial charge in [0.25, 0.3) is 0 Å². The quantitative estimate of drug-likeness (QED) is 0.524. The molecule has 2 aromatic rings. The zero-order valence-electron chi connectivity index (χ0n) is 13.8. The summed E-state index contributed by atoms with van der Waals surface area (Å²) in [6.45, 7) is 0.533. The number of rotatable bonds is 2. The summed E-state index contributed by atoms with van der Waals surface area (Å²) < 4.78 is 68.5. The predicted molar refractivity (Wildman–Crippen MR) is 92.8 cm³/mol. The van der Waals surface area contributed by atoms with Crippen LogP contribution in [0.4, 0.5) is 27.6 Å². The van der Waals surface area contributed by atoms with Crippen molar-refractivity contribution in [3.63, 3.8) is 0 Å². The average molecular weight is 435 g/mol. The Balaban J connectivity index is 2.21. The van der Waals surface area contributed by atoms with Gasteiger partial charge in [-0.2, -0.15) is 13.2 Å². The molecule has 2 N–H and O–H groups in total. The normalized spacial score (nSPS) is 18.0. The number of anilines is 1. The first kappa shape index (κ1) is 19.1. The Bertz CT molecular complexity index is 827. The molecule has 1 heterocycles. The Labute approximate surface area is 155 Å². The molecule has 3 rings (SSSR count). The van der Waals surface area contributed by atoms with Gasteiger partial charge in [-0.1, -0.05) is 22.0 Å². The molecule has 2 aromatic carbocycles. The summed E-state index contributed by atoms with van der Waals surface area (Å²) in [5.41, 5.74) is 7.94. The van der Waals surface area contributed by atoms with Crippen LogP contribution in [0.1, 0.15) is 28.3 Å². The Morgan fingerprint density at radius 3 is 2.38 bits per heavy atom. The van der Waals surface area contributed by atoms with Crippen molar-refractivity contribution in [2.24, 2.45) is 0 Å². The van der Waals surface area contributed by atoms with E-state index in [1.54, 1.807) is 19.1 Å². The van der Waals surface area contributed by atoms with Crippen molar-refractivity contribution in [2.75, 3.05) is 18.8 Å². The van der Waals surface area contributed by atoms with E-state index < -0.39 is 30.4 Å². The van der Waals surface area contributed by atoms with Crippen molar-refractivity contribution in [1.29, 1.82) is 0 Å². The van der Waals surface area contributed by atoms with E-state index in [1.165, 1.54) is 0 Å². The molecule has 1 aliphatic rings. The Morgan fingerprint density at radius 2 is 1.81 bits per heavy atom. The third-order valence-corrected chi connectivity index (χ3v) is 5.14. The largest absolute Gasteiger partial charge is 0.401 e. The maximum Gasteiger partial charge on any atom is 0.401 e. The molecular formula is C18H16BrF5N2. The van der Waals surface area contributed by atoms with Crippen LogP contribution in [0, 0.1) is 18.6 Å². The molecule has 0 spiro atoms. The molecule has 0 saturated heterocycles. The smallest absolute Gasteiger partial charge is 0.399 e. The van der Waals surface area contributed by atoms with Crippen molar-refractivity contribution < 1.29 is 22.0 Å². The Hall–Kier alpha value is -1.67. The average Bonchev–Trinajstić information content (AvgIpc) is 2.50. The van der Waals surface area contributed by atoms with Crippen molar-refractivity contribution in [3.8, 4) is 0 Å². The molecule has 0 bridgehead atoms. The maximum absolute atomic E-state index is 14.6. The fraction of sp³-hybridized carbons (Fsp3) is 0.333. The van der Waals surface area contributed by atoms with E-state index in [1.807, 2.05) is 0 Å². The van der Waals surface area contributed by atoms with Gasteiger partial charge >= 0.3 is 6.18 Å². The summed E-state index contributed by atoms with van der Waals surface area (Å²) >= 11 is 3.00. The van der Waals surface area contributed by atoms with Crippen LogP contribution in [-0.2, 0) is 6.42 Å². The van der Waals surface area contributed by atoms with E-state index in [2.05, 4.69) is 15.9 Å². The van der Waals surface area contributed by atoms with Gasteiger partial charge in [-0.3, -0.25) is 4.90 Å². The standard InChI is InChI=1S/C18H16BrF5N2/c1-9-11-4-5-26(8-18(22,23)24)17(12(11)2-3-15(9)25)16-13(20)6-10(19)7-14(16)21/h2-3,6-7,17H,4-5,8,25H2,1H3. The number of hydrogen-bond donors (Lipinski definition) is 1. The SMILES string of the molecule is Cc1c(N)ccc2c1CCN(CC(F)(F)F)C2c1c(F)cc(Br)cc1F. The Kier molecular flexibility index (Phi) is 5.00. The highest BCUT2D eigenvalue weighted by Crippen LogP contribution is 2.41. The summed E-state index contributed by atoms with van der Waals surface area (Å²) in [5, 5.41) is 0. The predicted octanol–water partition coefficient (Wildman–Crippen LogP) is 5.13. The second-order valence-corrected chi connectivity index (χ2v) is 7.28. The third kappa shape index (κ3) is 3.57. The minimum atomic E-state index is -4.49. The number of hydrogen-bond acceptors (Lipinski definition) is 2. The first-order chi connectivity index (χ1) is 12.1. The fourth-order valence-corrected chi connectivity index (χ4v) is 3.92. The van der Waals surface area contributed by atoms with Gasteiger partial charge in [0.05, 0.1) is 12.6 Å². The van der Waals surface area contributed by atoms with E-state index in [0.29, 0.717) is 17.7 Å². The molecule has 1 atom stereocenters. The van der Waals surface area contributed by atoms with Gasteiger partial charge in [0.2, 0.25) is 0 Å². The zero-order chi connectivity index (χ0) is 19.2. The first-order valence-electron chi connectivity index (χ1n) is 7.91. The summed E-state index contributed by atoms with van der Waals surface area (Å²) in [6, 6.07) is 4.07. The van der Waals surface area contributed by atoms with Crippen LogP contribution in [0.3, 0.4) is 0 Å². The van der Waals surface area contributed by atoms with E-state index in [9.17, 15) is 22.0 Å². The number of nitrogens with two attached hydrogens (primary N) is 1. The molecule has 2 nitrogen and oxygen atoms in total. The van der Waals surface area contributed by atoms with E-state index in [4.69, 9.17) is 5.73 Å². The Morgan fingerprint density at radius 1 is 1.19 bits per heavy atom. The topological polar surface area (TPSA) is 29.3 Å². The molecular weight excluding hydrogens is 419 g/mol. The maximum atomic E-state index is 14.6. The van der Waals surface area contributed by atoms with Crippen LogP contribution < -0.4 is 5.73 Å².